The van der Waals surface area contributed by atoms with Gasteiger partial charge in [0.1, 0.15) is 0 Å². The Bertz CT molecular complexity index is 252. The van der Waals surface area contributed by atoms with E-state index in [0.29, 0.717) is 6.61 Å². The van der Waals surface area contributed by atoms with Crippen LogP contribution in [0, 0.1) is 0 Å². The van der Waals surface area contributed by atoms with E-state index in [9.17, 15) is 0 Å². The van der Waals surface area contributed by atoms with E-state index in [2.05, 4.69) is 52.4 Å². The number of benzene rings is 1. The summed E-state index contributed by atoms with van der Waals surface area (Å²) in [5.74, 6) is 2.05. The Labute approximate surface area is 93.5 Å². The molecule has 3 heteroatoms. The average molecular weight is 310 g/mol. The summed E-state index contributed by atoms with van der Waals surface area (Å²) in [5, 5.41) is 9.01. The molecule has 13 heavy (non-hydrogen) atoms. The molecule has 0 radical (unpaired) electrons. The van der Waals surface area contributed by atoms with Gasteiger partial charge in [-0.1, -0.05) is 25.1 Å². The van der Waals surface area contributed by atoms with Gasteiger partial charge < -0.3 is 5.11 Å². The number of aliphatic hydroxyl groups excluding tert-OH is 1. The molecule has 0 amide bonds. The van der Waals surface area contributed by atoms with Crippen LogP contribution in [0.4, 0.5) is 0 Å². The Morgan fingerprint density at radius 3 is 2.38 bits per heavy atom. The van der Waals surface area contributed by atoms with Crippen molar-refractivity contribution in [2.24, 2.45) is 0 Å². The zero-order valence-corrected chi connectivity index (χ0v) is 10.7. The van der Waals surface area contributed by atoms with Crippen LogP contribution in [0.2, 0.25) is 0 Å². The second-order valence-corrected chi connectivity index (χ2v) is 10.9. The topological polar surface area (TPSA) is 20.2 Å². The Morgan fingerprint density at radius 1 is 1.31 bits per heavy atom. The lowest BCUT2D eigenvalue weighted by Gasteiger charge is -2.31. The van der Waals surface area contributed by atoms with Crippen molar-refractivity contribution in [1.29, 1.82) is 0 Å². The van der Waals surface area contributed by atoms with Crippen LogP contribution in [0.15, 0.2) is 35.2 Å². The second-order valence-electron chi connectivity index (χ2n) is 2.82. The van der Waals surface area contributed by atoms with Gasteiger partial charge in [0.05, 0.1) is 6.61 Å². The largest absolute Gasteiger partial charge is 0.396 e. The van der Waals surface area contributed by atoms with E-state index in [1.807, 2.05) is 6.07 Å². The number of halogens is 1. The number of rotatable bonds is 4. The fraction of sp³-hybridized carbons (Fsp3) is 0.400. The van der Waals surface area contributed by atoms with E-state index in [4.69, 9.17) is 5.11 Å². The van der Waals surface area contributed by atoms with Gasteiger partial charge in [0, 0.05) is 5.75 Å². The average Bonchev–Trinajstić information content (AvgIpc) is 2.19. The zero-order valence-electron chi connectivity index (χ0n) is 7.74. The second kappa shape index (κ2) is 5.22. The summed E-state index contributed by atoms with van der Waals surface area (Å²) < 4.78 is 0. The lowest BCUT2D eigenvalue weighted by Crippen LogP contribution is -2.04. The van der Waals surface area contributed by atoms with Gasteiger partial charge in [-0.3, -0.25) is 0 Å². The van der Waals surface area contributed by atoms with Crippen molar-refractivity contribution in [2.75, 3.05) is 18.1 Å². The number of aliphatic hydroxyl groups is 1. The van der Waals surface area contributed by atoms with Crippen LogP contribution < -0.4 is 0 Å². The molecule has 1 nitrogen and oxygen atoms in total. The predicted octanol–water partition coefficient (Wildman–Crippen LogP) is 3.21. The maximum atomic E-state index is 9.01. The maximum Gasteiger partial charge on any atom is 0.0517 e. The summed E-state index contributed by atoms with van der Waals surface area (Å²) in [6.45, 7) is 2.49. The molecule has 0 saturated carbocycles. The van der Waals surface area contributed by atoms with Gasteiger partial charge >= 0.3 is 0 Å². The van der Waals surface area contributed by atoms with E-state index in [0.717, 1.165) is 11.5 Å². The quantitative estimate of drug-likeness (QED) is 0.847. The standard InChI is InChI=1S/C10H15IOS/c1-2-13(11,9-8-12)10-6-4-3-5-7-10/h3-7,12H,2,8-9H2,1H3. The van der Waals surface area contributed by atoms with Crippen molar-refractivity contribution in [3.05, 3.63) is 30.3 Å². The van der Waals surface area contributed by atoms with Crippen molar-refractivity contribution in [3.8, 4) is 0 Å². The first-order valence-corrected chi connectivity index (χ1v) is 8.88. The highest BCUT2D eigenvalue weighted by Gasteiger charge is 2.19. The van der Waals surface area contributed by atoms with Crippen LogP contribution in [0.1, 0.15) is 6.92 Å². The third kappa shape index (κ3) is 2.86. The van der Waals surface area contributed by atoms with E-state index >= 15 is 0 Å². The van der Waals surface area contributed by atoms with Crippen LogP contribution >= 0.6 is 28.4 Å². The molecule has 0 aromatic heterocycles. The first kappa shape index (κ1) is 11.3. The van der Waals surface area contributed by atoms with Crippen molar-refractivity contribution >= 4 is 28.4 Å². The summed E-state index contributed by atoms with van der Waals surface area (Å²) in [7, 11) is -0.786. The smallest absolute Gasteiger partial charge is 0.0517 e. The minimum Gasteiger partial charge on any atom is -0.396 e. The molecule has 74 valence electrons. The zero-order chi connectivity index (χ0) is 9.73. The highest BCUT2D eigenvalue weighted by atomic mass is 127. The van der Waals surface area contributed by atoms with Gasteiger partial charge in [-0.15, -0.1) is 0 Å². The van der Waals surface area contributed by atoms with E-state index in [1.165, 1.54) is 4.90 Å². The van der Waals surface area contributed by atoms with Crippen LogP contribution in [0.25, 0.3) is 0 Å². The van der Waals surface area contributed by atoms with Crippen LogP contribution in [0.3, 0.4) is 0 Å². The molecule has 0 aliphatic heterocycles. The van der Waals surface area contributed by atoms with Gasteiger partial charge in [0.25, 0.3) is 0 Å². The monoisotopic (exact) mass is 310 g/mol. The summed E-state index contributed by atoms with van der Waals surface area (Å²) in [6.07, 6.45) is 0. The lowest BCUT2D eigenvalue weighted by molar-refractivity contribution is 0.322. The molecule has 1 unspecified atom stereocenters. The summed E-state index contributed by atoms with van der Waals surface area (Å²) in [5.41, 5.74) is 0. The molecule has 1 aromatic rings. The SMILES string of the molecule is CCS(I)(CCO)c1ccccc1. The van der Waals surface area contributed by atoms with E-state index < -0.39 is 7.20 Å². The van der Waals surface area contributed by atoms with Gasteiger partial charge in [-0.2, -0.15) is 7.20 Å². The molecule has 0 saturated heterocycles. The maximum absolute atomic E-state index is 9.01. The van der Waals surface area contributed by atoms with E-state index in [-0.39, 0.29) is 0 Å². The lowest BCUT2D eigenvalue weighted by atomic mass is 10.4. The Hall–Kier alpha value is 0.260. The molecule has 0 bridgehead atoms. The van der Waals surface area contributed by atoms with E-state index in [1.54, 1.807) is 0 Å². The Balaban J connectivity index is 2.89. The van der Waals surface area contributed by atoms with Crippen molar-refractivity contribution in [1.82, 2.24) is 0 Å². The van der Waals surface area contributed by atoms with Crippen molar-refractivity contribution in [3.63, 3.8) is 0 Å². The number of hydrogen-bond donors (Lipinski definition) is 1. The van der Waals surface area contributed by atoms with Crippen LogP contribution in [-0.4, -0.2) is 23.2 Å². The fourth-order valence-electron chi connectivity index (χ4n) is 1.24. The van der Waals surface area contributed by atoms with Crippen LogP contribution in [-0.2, 0) is 0 Å². The van der Waals surface area contributed by atoms with Crippen molar-refractivity contribution < 1.29 is 5.11 Å². The fourth-order valence-corrected chi connectivity index (χ4v) is 4.50. The Morgan fingerprint density at radius 2 is 1.92 bits per heavy atom. The molecule has 0 aliphatic carbocycles. The first-order valence-electron chi connectivity index (χ1n) is 4.37. The molecule has 1 rings (SSSR count). The van der Waals surface area contributed by atoms with Gasteiger partial charge in [-0.05, 0) is 44.0 Å². The van der Waals surface area contributed by atoms with Gasteiger partial charge in [0.2, 0.25) is 0 Å². The predicted molar refractivity (Wildman–Crippen MR) is 68.8 cm³/mol. The first-order chi connectivity index (χ1) is 6.23. The third-order valence-electron chi connectivity index (χ3n) is 2.04. The third-order valence-corrected chi connectivity index (χ3v) is 9.62. The van der Waals surface area contributed by atoms with Gasteiger partial charge in [0.15, 0.2) is 0 Å². The molecule has 1 N–H and O–H groups in total. The molecule has 1 atom stereocenters. The molecular formula is C10H15IOS. The summed E-state index contributed by atoms with van der Waals surface area (Å²) in [6, 6.07) is 10.5. The molecule has 0 aliphatic rings. The van der Waals surface area contributed by atoms with Gasteiger partial charge in [-0.25, -0.2) is 0 Å². The summed E-state index contributed by atoms with van der Waals surface area (Å²) >= 11 is 2.53. The Kier molecular flexibility index (Phi) is 4.55. The highest BCUT2D eigenvalue weighted by Crippen LogP contribution is 2.62. The minimum absolute atomic E-state index is 0.293. The summed E-state index contributed by atoms with van der Waals surface area (Å²) in [4.78, 5) is 1.40. The molecule has 1 aromatic carbocycles. The van der Waals surface area contributed by atoms with Crippen molar-refractivity contribution in [2.45, 2.75) is 11.8 Å². The molecule has 0 spiro atoms. The van der Waals surface area contributed by atoms with Crippen LogP contribution in [0.5, 0.6) is 0 Å². The molecule has 0 fully saturated rings. The number of hydrogen-bond acceptors (Lipinski definition) is 1. The molecule has 0 heterocycles. The normalized spacial score (nSPS) is 17.8. The molecular weight excluding hydrogens is 295 g/mol. The minimum atomic E-state index is -0.786. The highest BCUT2D eigenvalue weighted by molar-refractivity contribution is 14.2.